The van der Waals surface area contributed by atoms with E-state index in [9.17, 15) is 13.2 Å². The second kappa shape index (κ2) is 8.88. The Morgan fingerprint density at radius 3 is 2.17 bits per heavy atom. The first kappa shape index (κ1) is 21.0. The molecule has 0 spiro atoms. The number of carbonyl (C=O) groups is 1. The highest BCUT2D eigenvalue weighted by molar-refractivity contribution is 7.89. The molecule has 0 atom stereocenters. The summed E-state index contributed by atoms with van der Waals surface area (Å²) >= 11 is 0. The van der Waals surface area contributed by atoms with Gasteiger partial charge in [0, 0.05) is 32.0 Å². The van der Waals surface area contributed by atoms with Crippen molar-refractivity contribution < 1.29 is 17.9 Å². The largest absolute Gasteiger partial charge is 0.381 e. The monoisotopic (exact) mass is 428 g/mol. The highest BCUT2D eigenvalue weighted by Crippen LogP contribution is 2.36. The molecule has 160 valence electrons. The van der Waals surface area contributed by atoms with E-state index in [2.05, 4.69) is 5.32 Å². The number of piperidine rings is 1. The van der Waals surface area contributed by atoms with Crippen LogP contribution in [0.4, 0.5) is 5.69 Å². The van der Waals surface area contributed by atoms with Gasteiger partial charge in [-0.25, -0.2) is 8.42 Å². The van der Waals surface area contributed by atoms with Crippen molar-refractivity contribution >= 4 is 21.6 Å². The van der Waals surface area contributed by atoms with Crippen LogP contribution in [0.5, 0.6) is 0 Å². The summed E-state index contributed by atoms with van der Waals surface area (Å²) in [5.74, 6) is -0.0800. The van der Waals surface area contributed by atoms with Gasteiger partial charge in [0.2, 0.25) is 15.9 Å². The van der Waals surface area contributed by atoms with E-state index in [1.54, 1.807) is 28.6 Å². The Labute approximate surface area is 178 Å². The Bertz CT molecular complexity index is 962. The highest BCUT2D eigenvalue weighted by Gasteiger charge is 2.41. The van der Waals surface area contributed by atoms with Gasteiger partial charge in [0.1, 0.15) is 0 Å². The summed E-state index contributed by atoms with van der Waals surface area (Å²) in [7, 11) is -3.48. The SMILES string of the molecule is O=C(Nc1ccc(S(=O)(=O)N2CCCCC2)cc1)C1(c2ccccc2)CCOCC1. The third-order valence-corrected chi connectivity index (χ3v) is 8.09. The first-order valence-corrected chi connectivity index (χ1v) is 12.0. The molecule has 2 aromatic rings. The van der Waals surface area contributed by atoms with E-state index >= 15 is 0 Å². The normalized spacial score (nSPS) is 19.9. The number of benzene rings is 2. The molecule has 2 heterocycles. The van der Waals surface area contributed by atoms with Gasteiger partial charge >= 0.3 is 0 Å². The Balaban J connectivity index is 1.53. The Morgan fingerprint density at radius 2 is 1.53 bits per heavy atom. The average molecular weight is 429 g/mol. The number of hydrogen-bond acceptors (Lipinski definition) is 4. The van der Waals surface area contributed by atoms with E-state index in [1.165, 1.54) is 0 Å². The van der Waals surface area contributed by atoms with E-state index in [1.807, 2.05) is 30.3 Å². The van der Waals surface area contributed by atoms with E-state index < -0.39 is 15.4 Å². The van der Waals surface area contributed by atoms with Crippen LogP contribution in [-0.2, 0) is 25.0 Å². The fourth-order valence-electron chi connectivity index (χ4n) is 4.34. The summed E-state index contributed by atoms with van der Waals surface area (Å²) in [4.78, 5) is 13.6. The minimum atomic E-state index is -3.48. The first-order chi connectivity index (χ1) is 14.5. The molecular formula is C23H28N2O4S. The fourth-order valence-corrected chi connectivity index (χ4v) is 5.86. The molecule has 4 rings (SSSR count). The van der Waals surface area contributed by atoms with Gasteiger partial charge in [-0.15, -0.1) is 0 Å². The molecule has 0 unspecified atom stereocenters. The second-order valence-electron chi connectivity index (χ2n) is 8.00. The number of nitrogens with zero attached hydrogens (tertiary/aromatic N) is 1. The van der Waals surface area contributed by atoms with E-state index in [0.29, 0.717) is 44.8 Å². The van der Waals surface area contributed by atoms with Crippen LogP contribution in [0.25, 0.3) is 0 Å². The van der Waals surface area contributed by atoms with Crippen molar-refractivity contribution in [3.63, 3.8) is 0 Å². The topological polar surface area (TPSA) is 75.7 Å². The maximum atomic E-state index is 13.3. The lowest BCUT2D eigenvalue weighted by Gasteiger charge is -2.36. The molecule has 2 aliphatic heterocycles. The summed E-state index contributed by atoms with van der Waals surface area (Å²) < 4.78 is 32.7. The number of rotatable bonds is 5. The quantitative estimate of drug-likeness (QED) is 0.790. The Hall–Kier alpha value is -2.22. The molecular weight excluding hydrogens is 400 g/mol. The number of amides is 1. The summed E-state index contributed by atoms with van der Waals surface area (Å²) in [6.07, 6.45) is 4.11. The molecule has 0 aromatic heterocycles. The zero-order valence-electron chi connectivity index (χ0n) is 17.0. The molecule has 1 N–H and O–H groups in total. The molecule has 0 radical (unpaired) electrons. The van der Waals surface area contributed by atoms with Gasteiger partial charge in [-0.3, -0.25) is 4.79 Å². The predicted octanol–water partition coefficient (Wildman–Crippen LogP) is 3.55. The number of sulfonamides is 1. The molecule has 0 bridgehead atoms. The Morgan fingerprint density at radius 1 is 0.900 bits per heavy atom. The van der Waals surface area contributed by atoms with E-state index in [-0.39, 0.29) is 10.8 Å². The molecule has 2 aromatic carbocycles. The summed E-state index contributed by atoms with van der Waals surface area (Å²) in [6, 6.07) is 16.3. The molecule has 2 saturated heterocycles. The predicted molar refractivity (Wildman–Crippen MR) is 116 cm³/mol. The third-order valence-electron chi connectivity index (χ3n) is 6.17. The lowest BCUT2D eigenvalue weighted by Crippen LogP contribution is -2.44. The van der Waals surface area contributed by atoms with Crippen LogP contribution in [0.15, 0.2) is 59.5 Å². The van der Waals surface area contributed by atoms with Crippen LogP contribution in [0.1, 0.15) is 37.7 Å². The maximum Gasteiger partial charge on any atom is 0.243 e. The summed E-state index contributed by atoms with van der Waals surface area (Å²) in [5.41, 5.74) is 0.937. The molecule has 1 amide bonds. The molecule has 30 heavy (non-hydrogen) atoms. The number of anilines is 1. The lowest BCUT2D eigenvalue weighted by molar-refractivity contribution is -0.125. The number of carbonyl (C=O) groups excluding carboxylic acids is 1. The number of ether oxygens (including phenoxy) is 1. The van der Waals surface area contributed by atoms with Crippen molar-refractivity contribution in [1.82, 2.24) is 4.31 Å². The van der Waals surface area contributed by atoms with Crippen LogP contribution >= 0.6 is 0 Å². The van der Waals surface area contributed by atoms with Gasteiger partial charge in [-0.1, -0.05) is 36.8 Å². The summed E-state index contributed by atoms with van der Waals surface area (Å²) in [6.45, 7) is 2.22. The zero-order valence-corrected chi connectivity index (χ0v) is 17.9. The molecule has 2 fully saturated rings. The molecule has 0 saturated carbocycles. The lowest BCUT2D eigenvalue weighted by atomic mass is 9.73. The van der Waals surface area contributed by atoms with Crippen molar-refractivity contribution in [3.8, 4) is 0 Å². The first-order valence-electron chi connectivity index (χ1n) is 10.6. The smallest absolute Gasteiger partial charge is 0.243 e. The van der Waals surface area contributed by atoms with Crippen LogP contribution in [0.3, 0.4) is 0 Å². The van der Waals surface area contributed by atoms with Crippen molar-refractivity contribution in [2.24, 2.45) is 0 Å². The van der Waals surface area contributed by atoms with Gasteiger partial charge in [-0.05, 0) is 55.5 Å². The van der Waals surface area contributed by atoms with Gasteiger partial charge in [0.15, 0.2) is 0 Å². The molecule has 7 heteroatoms. The van der Waals surface area contributed by atoms with Crippen molar-refractivity contribution in [3.05, 3.63) is 60.2 Å². The van der Waals surface area contributed by atoms with Crippen molar-refractivity contribution in [1.29, 1.82) is 0 Å². The molecule has 6 nitrogen and oxygen atoms in total. The van der Waals surface area contributed by atoms with Crippen molar-refractivity contribution in [2.45, 2.75) is 42.4 Å². The molecule has 2 aliphatic rings. The van der Waals surface area contributed by atoms with Gasteiger partial charge in [0.25, 0.3) is 0 Å². The van der Waals surface area contributed by atoms with E-state index in [0.717, 1.165) is 24.8 Å². The minimum Gasteiger partial charge on any atom is -0.381 e. The highest BCUT2D eigenvalue weighted by atomic mass is 32.2. The van der Waals surface area contributed by atoms with Crippen LogP contribution in [0.2, 0.25) is 0 Å². The third kappa shape index (κ3) is 4.15. The van der Waals surface area contributed by atoms with Gasteiger partial charge in [-0.2, -0.15) is 4.31 Å². The fraction of sp³-hybridized carbons (Fsp3) is 0.435. The van der Waals surface area contributed by atoms with Gasteiger partial charge < -0.3 is 10.1 Å². The standard InChI is InChI=1S/C23H28N2O4S/c26-22(23(13-17-29-18-14-23)19-7-3-1-4-8-19)24-20-9-11-21(12-10-20)30(27,28)25-15-5-2-6-16-25/h1,3-4,7-12H,2,5-6,13-18H2,(H,24,26). The zero-order chi connectivity index (χ0) is 21.0. The van der Waals surface area contributed by atoms with Crippen LogP contribution in [-0.4, -0.2) is 44.9 Å². The second-order valence-corrected chi connectivity index (χ2v) is 9.94. The van der Waals surface area contributed by atoms with Crippen molar-refractivity contribution in [2.75, 3.05) is 31.6 Å². The molecule has 0 aliphatic carbocycles. The minimum absolute atomic E-state index is 0.0800. The Kier molecular flexibility index (Phi) is 6.22. The summed E-state index contributed by atoms with van der Waals surface area (Å²) in [5, 5.41) is 3.01. The van der Waals surface area contributed by atoms with E-state index in [4.69, 9.17) is 4.74 Å². The average Bonchev–Trinajstić information content (AvgIpc) is 2.81. The maximum absolute atomic E-state index is 13.3. The van der Waals surface area contributed by atoms with Crippen LogP contribution in [0, 0.1) is 0 Å². The van der Waals surface area contributed by atoms with Crippen LogP contribution < -0.4 is 5.32 Å². The number of hydrogen-bond donors (Lipinski definition) is 1. The van der Waals surface area contributed by atoms with Gasteiger partial charge in [0.05, 0.1) is 10.3 Å². The number of nitrogens with one attached hydrogen (secondary N) is 1.